The second-order valence-electron chi connectivity index (χ2n) is 5.50. The number of rotatable bonds is 2. The first-order chi connectivity index (χ1) is 7.48. The monoisotopic (exact) mass is 217 g/mol. The van der Waals surface area contributed by atoms with Crippen LogP contribution >= 0.6 is 0 Å². The van der Waals surface area contributed by atoms with E-state index >= 15 is 0 Å². The van der Waals surface area contributed by atoms with Crippen LogP contribution in [0, 0.1) is 5.41 Å². The van der Waals surface area contributed by atoms with Gasteiger partial charge in [0, 0.05) is 6.42 Å². The molecule has 0 spiro atoms. The van der Waals surface area contributed by atoms with E-state index in [-0.39, 0.29) is 5.41 Å². The van der Waals surface area contributed by atoms with Gasteiger partial charge in [-0.05, 0) is 29.5 Å². The van der Waals surface area contributed by atoms with Crippen molar-refractivity contribution in [1.29, 1.82) is 0 Å². The molecule has 0 saturated heterocycles. The predicted molar refractivity (Wildman–Crippen MR) is 66.5 cm³/mol. The van der Waals surface area contributed by atoms with Crippen LogP contribution in [0.15, 0.2) is 22.6 Å². The molecule has 0 N–H and O–H groups in total. The highest BCUT2D eigenvalue weighted by Gasteiger charge is 2.16. The average Bonchev–Trinajstić information content (AvgIpc) is 2.55. The number of hydrogen-bond donors (Lipinski definition) is 0. The van der Waals surface area contributed by atoms with Crippen molar-refractivity contribution < 1.29 is 4.42 Å². The highest BCUT2D eigenvalue weighted by atomic mass is 16.3. The number of aromatic nitrogens is 1. The van der Waals surface area contributed by atoms with Gasteiger partial charge in [0.15, 0.2) is 11.5 Å². The van der Waals surface area contributed by atoms with Crippen LogP contribution in [0.4, 0.5) is 0 Å². The summed E-state index contributed by atoms with van der Waals surface area (Å²) in [6, 6.07) is 6.24. The molecule has 0 aliphatic rings. The Balaban J connectivity index is 2.36. The minimum Gasteiger partial charge on any atom is -0.441 e. The smallest absolute Gasteiger partial charge is 0.195 e. The Morgan fingerprint density at radius 3 is 2.62 bits per heavy atom. The van der Waals surface area contributed by atoms with Crippen LogP contribution in [-0.2, 0) is 12.8 Å². The predicted octanol–water partition coefficient (Wildman–Crippen LogP) is 3.98. The quantitative estimate of drug-likeness (QED) is 0.760. The Bertz CT molecular complexity index is 491. The molecule has 16 heavy (non-hydrogen) atoms. The number of hydrogen-bond acceptors (Lipinski definition) is 2. The fourth-order valence-corrected chi connectivity index (χ4v) is 1.77. The maximum atomic E-state index is 5.73. The van der Waals surface area contributed by atoms with Crippen molar-refractivity contribution >= 4 is 11.1 Å². The number of fused-ring (bicyclic) bond motifs is 1. The van der Waals surface area contributed by atoms with E-state index in [1.807, 2.05) is 6.07 Å². The van der Waals surface area contributed by atoms with Gasteiger partial charge in [-0.3, -0.25) is 0 Å². The van der Waals surface area contributed by atoms with Crippen molar-refractivity contribution in [2.24, 2.45) is 5.41 Å². The van der Waals surface area contributed by atoms with Crippen LogP contribution in [-0.4, -0.2) is 4.98 Å². The lowest BCUT2D eigenvalue weighted by atomic mass is 9.92. The van der Waals surface area contributed by atoms with Gasteiger partial charge in [0.25, 0.3) is 0 Å². The van der Waals surface area contributed by atoms with Gasteiger partial charge >= 0.3 is 0 Å². The zero-order valence-corrected chi connectivity index (χ0v) is 10.5. The topological polar surface area (TPSA) is 26.0 Å². The SMILES string of the molecule is CCc1ccc2oc(CC(C)(C)C)nc2c1. The van der Waals surface area contributed by atoms with Crippen LogP contribution in [0.1, 0.15) is 39.1 Å². The molecule has 0 amide bonds. The van der Waals surface area contributed by atoms with Crippen LogP contribution in [0.5, 0.6) is 0 Å². The van der Waals surface area contributed by atoms with Gasteiger partial charge in [0.2, 0.25) is 0 Å². The molecule has 0 bridgehead atoms. The number of oxazole rings is 1. The number of benzene rings is 1. The van der Waals surface area contributed by atoms with Crippen LogP contribution in [0.2, 0.25) is 0 Å². The summed E-state index contributed by atoms with van der Waals surface area (Å²) in [6.07, 6.45) is 1.92. The molecule has 1 aromatic heterocycles. The highest BCUT2D eigenvalue weighted by Crippen LogP contribution is 2.24. The maximum Gasteiger partial charge on any atom is 0.195 e. The Morgan fingerprint density at radius 1 is 1.25 bits per heavy atom. The molecule has 0 unspecified atom stereocenters. The fraction of sp³-hybridized carbons (Fsp3) is 0.500. The number of nitrogens with zero attached hydrogens (tertiary/aromatic N) is 1. The number of aryl methyl sites for hydroxylation is 1. The molecule has 0 aliphatic carbocycles. The third kappa shape index (κ3) is 2.43. The molecule has 0 atom stereocenters. The molecule has 1 heterocycles. The van der Waals surface area contributed by atoms with E-state index in [1.165, 1.54) is 5.56 Å². The van der Waals surface area contributed by atoms with Gasteiger partial charge in [-0.2, -0.15) is 0 Å². The minimum absolute atomic E-state index is 0.217. The van der Waals surface area contributed by atoms with E-state index in [0.717, 1.165) is 29.8 Å². The molecule has 2 nitrogen and oxygen atoms in total. The molecule has 2 heteroatoms. The maximum absolute atomic E-state index is 5.73. The van der Waals surface area contributed by atoms with Gasteiger partial charge in [0.05, 0.1) is 0 Å². The zero-order valence-electron chi connectivity index (χ0n) is 10.5. The summed E-state index contributed by atoms with van der Waals surface area (Å²) in [6.45, 7) is 8.73. The molecule has 2 aromatic rings. The lowest BCUT2D eigenvalue weighted by Crippen LogP contribution is -2.09. The molecule has 0 aliphatic heterocycles. The van der Waals surface area contributed by atoms with Gasteiger partial charge in [-0.1, -0.05) is 33.8 Å². The Labute approximate surface area is 96.7 Å². The molecule has 1 aromatic carbocycles. The van der Waals surface area contributed by atoms with Crippen LogP contribution < -0.4 is 0 Å². The summed E-state index contributed by atoms with van der Waals surface area (Å²) in [4.78, 5) is 4.54. The molecule has 0 fully saturated rings. The van der Waals surface area contributed by atoms with E-state index < -0.39 is 0 Å². The zero-order chi connectivity index (χ0) is 11.8. The van der Waals surface area contributed by atoms with Crippen molar-refractivity contribution in [3.05, 3.63) is 29.7 Å². The first-order valence-electron chi connectivity index (χ1n) is 5.86. The van der Waals surface area contributed by atoms with Gasteiger partial charge < -0.3 is 4.42 Å². The van der Waals surface area contributed by atoms with Gasteiger partial charge in [0.1, 0.15) is 5.52 Å². The second-order valence-corrected chi connectivity index (χ2v) is 5.50. The van der Waals surface area contributed by atoms with Crippen molar-refractivity contribution in [2.45, 2.75) is 40.5 Å². The summed E-state index contributed by atoms with van der Waals surface area (Å²) in [5.74, 6) is 0.843. The summed E-state index contributed by atoms with van der Waals surface area (Å²) < 4.78 is 5.73. The summed E-state index contributed by atoms with van der Waals surface area (Å²) in [5, 5.41) is 0. The van der Waals surface area contributed by atoms with E-state index in [1.54, 1.807) is 0 Å². The van der Waals surface area contributed by atoms with E-state index in [2.05, 4.69) is 44.8 Å². The Hall–Kier alpha value is -1.31. The van der Waals surface area contributed by atoms with Crippen molar-refractivity contribution in [3.8, 4) is 0 Å². The summed E-state index contributed by atoms with van der Waals surface area (Å²) in [7, 11) is 0. The first kappa shape index (κ1) is 11.2. The van der Waals surface area contributed by atoms with Crippen molar-refractivity contribution in [1.82, 2.24) is 4.98 Å². The lowest BCUT2D eigenvalue weighted by Gasteiger charge is -2.14. The first-order valence-corrected chi connectivity index (χ1v) is 5.86. The Kier molecular flexibility index (Phi) is 2.75. The lowest BCUT2D eigenvalue weighted by molar-refractivity contribution is 0.362. The average molecular weight is 217 g/mol. The molecule has 86 valence electrons. The highest BCUT2D eigenvalue weighted by molar-refractivity contribution is 5.73. The molecular weight excluding hydrogens is 198 g/mol. The van der Waals surface area contributed by atoms with E-state index in [9.17, 15) is 0 Å². The normalized spacial score (nSPS) is 12.2. The van der Waals surface area contributed by atoms with E-state index in [4.69, 9.17) is 4.42 Å². The van der Waals surface area contributed by atoms with Crippen molar-refractivity contribution in [3.63, 3.8) is 0 Å². The summed E-state index contributed by atoms with van der Waals surface area (Å²) >= 11 is 0. The third-order valence-corrected chi connectivity index (χ3v) is 2.59. The van der Waals surface area contributed by atoms with Crippen LogP contribution in [0.3, 0.4) is 0 Å². The van der Waals surface area contributed by atoms with E-state index in [0.29, 0.717) is 0 Å². The third-order valence-electron chi connectivity index (χ3n) is 2.59. The molecule has 0 radical (unpaired) electrons. The van der Waals surface area contributed by atoms with Crippen molar-refractivity contribution in [2.75, 3.05) is 0 Å². The Morgan fingerprint density at radius 2 is 2.00 bits per heavy atom. The summed E-state index contributed by atoms with van der Waals surface area (Å²) in [5.41, 5.74) is 3.41. The largest absolute Gasteiger partial charge is 0.441 e. The van der Waals surface area contributed by atoms with Gasteiger partial charge in [-0.25, -0.2) is 4.98 Å². The minimum atomic E-state index is 0.217. The molecule has 0 saturated carbocycles. The molecule has 2 rings (SSSR count). The second kappa shape index (κ2) is 3.93. The standard InChI is InChI=1S/C14H19NO/c1-5-10-6-7-12-11(8-10)15-13(16-12)9-14(2,3)4/h6-8H,5,9H2,1-4H3. The van der Waals surface area contributed by atoms with Crippen LogP contribution in [0.25, 0.3) is 11.1 Å². The fourth-order valence-electron chi connectivity index (χ4n) is 1.77. The molecular formula is C14H19NO. The van der Waals surface area contributed by atoms with Gasteiger partial charge in [-0.15, -0.1) is 0 Å².